The summed E-state index contributed by atoms with van der Waals surface area (Å²) in [6, 6.07) is 6.59. The van der Waals surface area contributed by atoms with E-state index in [1.807, 2.05) is 25.8 Å². The van der Waals surface area contributed by atoms with Crippen LogP contribution in [0.2, 0.25) is 0 Å². The summed E-state index contributed by atoms with van der Waals surface area (Å²) in [7, 11) is 1.96. The van der Waals surface area contributed by atoms with Gasteiger partial charge in [-0.3, -0.25) is 4.79 Å². The average Bonchev–Trinajstić information content (AvgIpc) is 2.37. The summed E-state index contributed by atoms with van der Waals surface area (Å²) >= 11 is 0. The van der Waals surface area contributed by atoms with Crippen LogP contribution in [-0.2, 0) is 11.3 Å². The van der Waals surface area contributed by atoms with Crippen molar-refractivity contribution in [3.63, 3.8) is 0 Å². The predicted molar refractivity (Wildman–Crippen MR) is 89.7 cm³/mol. The molecule has 0 saturated carbocycles. The van der Waals surface area contributed by atoms with Crippen molar-refractivity contribution in [2.75, 3.05) is 25.0 Å². The van der Waals surface area contributed by atoms with E-state index in [1.54, 1.807) is 0 Å². The zero-order valence-corrected chi connectivity index (χ0v) is 14.0. The topological polar surface area (TPSA) is 44.4 Å². The first-order valence-corrected chi connectivity index (χ1v) is 7.74. The molecule has 0 aliphatic heterocycles. The summed E-state index contributed by atoms with van der Waals surface area (Å²) in [5.41, 5.74) is 3.59. The van der Waals surface area contributed by atoms with E-state index in [9.17, 15) is 4.79 Å². The van der Waals surface area contributed by atoms with Crippen LogP contribution in [0.4, 0.5) is 5.69 Å². The lowest BCUT2D eigenvalue weighted by molar-refractivity contribution is -0.120. The van der Waals surface area contributed by atoms with Gasteiger partial charge in [-0.1, -0.05) is 19.1 Å². The summed E-state index contributed by atoms with van der Waals surface area (Å²) in [5.74, 6) is 0.0561. The van der Waals surface area contributed by atoms with Crippen LogP contribution in [0.3, 0.4) is 0 Å². The second kappa shape index (κ2) is 8.67. The number of nitrogens with zero attached hydrogens (tertiary/aromatic N) is 1. The minimum absolute atomic E-state index is 0.0561. The molecule has 1 amide bonds. The zero-order valence-electron chi connectivity index (χ0n) is 14.0. The normalized spacial score (nSPS) is 10.8. The van der Waals surface area contributed by atoms with E-state index in [2.05, 4.69) is 42.7 Å². The van der Waals surface area contributed by atoms with Crippen LogP contribution < -0.4 is 15.5 Å². The third-order valence-electron chi connectivity index (χ3n) is 3.26. The van der Waals surface area contributed by atoms with Gasteiger partial charge in [-0.25, -0.2) is 0 Å². The van der Waals surface area contributed by atoms with Crippen LogP contribution in [0, 0.1) is 6.92 Å². The Morgan fingerprint density at radius 2 is 2.05 bits per heavy atom. The number of aryl methyl sites for hydroxylation is 1. The van der Waals surface area contributed by atoms with Gasteiger partial charge in [-0.15, -0.1) is 0 Å². The number of hydrogen-bond donors (Lipinski definition) is 2. The van der Waals surface area contributed by atoms with E-state index >= 15 is 0 Å². The smallest absolute Gasteiger partial charge is 0.239 e. The Bertz CT molecular complexity index is 457. The number of amides is 1. The van der Waals surface area contributed by atoms with E-state index in [1.165, 1.54) is 11.1 Å². The maximum absolute atomic E-state index is 11.8. The predicted octanol–water partition coefficient (Wildman–Crippen LogP) is 2.46. The van der Waals surface area contributed by atoms with Crippen molar-refractivity contribution >= 4 is 11.6 Å². The van der Waals surface area contributed by atoms with Crippen LogP contribution in [0.5, 0.6) is 0 Å². The fraction of sp³-hybridized carbons (Fsp3) is 0.588. The Balaban J connectivity index is 2.64. The summed E-state index contributed by atoms with van der Waals surface area (Å²) in [6.45, 7) is 10.5. The molecule has 0 aromatic heterocycles. The van der Waals surface area contributed by atoms with Gasteiger partial charge < -0.3 is 15.5 Å². The van der Waals surface area contributed by atoms with Gasteiger partial charge in [0, 0.05) is 25.3 Å². The molecule has 118 valence electrons. The van der Waals surface area contributed by atoms with Crippen LogP contribution in [-0.4, -0.2) is 32.1 Å². The molecule has 21 heavy (non-hydrogen) atoms. The van der Waals surface area contributed by atoms with Gasteiger partial charge in [0.05, 0.1) is 6.54 Å². The molecule has 1 aromatic rings. The van der Waals surface area contributed by atoms with Crippen molar-refractivity contribution in [3.05, 3.63) is 29.3 Å². The number of nitrogens with one attached hydrogen (secondary N) is 2. The molecule has 2 N–H and O–H groups in total. The molecule has 0 atom stereocenters. The Kier molecular flexibility index (Phi) is 7.23. The SMILES string of the molecule is CCCNCc1ccc(N(C)CC(=O)NC(C)C)c(C)c1. The van der Waals surface area contributed by atoms with Crippen LogP contribution in [0.15, 0.2) is 18.2 Å². The molecule has 0 fully saturated rings. The molecule has 4 nitrogen and oxygen atoms in total. The molecular formula is C17H29N3O. The number of carbonyl (C=O) groups is 1. The fourth-order valence-electron chi connectivity index (χ4n) is 2.33. The molecular weight excluding hydrogens is 262 g/mol. The molecule has 4 heteroatoms. The molecule has 1 rings (SSSR count). The number of rotatable bonds is 8. The number of anilines is 1. The lowest BCUT2D eigenvalue weighted by Gasteiger charge is -2.22. The first-order valence-electron chi connectivity index (χ1n) is 7.74. The maximum Gasteiger partial charge on any atom is 0.239 e. The molecule has 1 aromatic carbocycles. The monoisotopic (exact) mass is 291 g/mol. The van der Waals surface area contributed by atoms with Gasteiger partial charge in [0.15, 0.2) is 0 Å². The Labute approximate surface area is 128 Å². The standard InChI is InChI=1S/C17H29N3O/c1-6-9-18-11-15-7-8-16(14(4)10-15)20(5)12-17(21)19-13(2)3/h7-8,10,13,18H,6,9,11-12H2,1-5H3,(H,19,21). The van der Waals surface area contributed by atoms with Crippen molar-refractivity contribution in [1.29, 1.82) is 0 Å². The summed E-state index contributed by atoms with van der Waals surface area (Å²) in [5, 5.41) is 6.32. The largest absolute Gasteiger partial charge is 0.365 e. The molecule has 0 aliphatic carbocycles. The number of likely N-dealkylation sites (N-methyl/N-ethyl adjacent to an activating group) is 1. The van der Waals surface area contributed by atoms with Crippen molar-refractivity contribution in [2.45, 2.75) is 46.7 Å². The van der Waals surface area contributed by atoms with E-state index in [4.69, 9.17) is 0 Å². The Morgan fingerprint density at radius 1 is 1.33 bits per heavy atom. The molecule has 0 heterocycles. The van der Waals surface area contributed by atoms with Gasteiger partial charge in [0.25, 0.3) is 0 Å². The summed E-state index contributed by atoms with van der Waals surface area (Å²) < 4.78 is 0. The van der Waals surface area contributed by atoms with Crippen LogP contribution in [0.1, 0.15) is 38.3 Å². The first kappa shape index (κ1) is 17.5. The Morgan fingerprint density at radius 3 is 2.62 bits per heavy atom. The molecule has 0 radical (unpaired) electrons. The zero-order chi connectivity index (χ0) is 15.8. The molecule has 0 bridgehead atoms. The highest BCUT2D eigenvalue weighted by atomic mass is 16.2. The van der Waals surface area contributed by atoms with Gasteiger partial charge in [0.1, 0.15) is 0 Å². The van der Waals surface area contributed by atoms with Crippen molar-refractivity contribution in [1.82, 2.24) is 10.6 Å². The minimum atomic E-state index is 0.0561. The van der Waals surface area contributed by atoms with Crippen molar-refractivity contribution < 1.29 is 4.79 Å². The van der Waals surface area contributed by atoms with E-state index in [0.29, 0.717) is 6.54 Å². The van der Waals surface area contributed by atoms with E-state index in [-0.39, 0.29) is 11.9 Å². The third kappa shape index (κ3) is 6.17. The van der Waals surface area contributed by atoms with E-state index < -0.39 is 0 Å². The van der Waals surface area contributed by atoms with Crippen LogP contribution in [0.25, 0.3) is 0 Å². The minimum Gasteiger partial charge on any atom is -0.365 e. The lowest BCUT2D eigenvalue weighted by Crippen LogP contribution is -2.38. The number of carbonyl (C=O) groups excluding carboxylic acids is 1. The lowest BCUT2D eigenvalue weighted by atomic mass is 10.1. The molecule has 0 saturated heterocycles. The second-order valence-corrected chi connectivity index (χ2v) is 5.88. The summed E-state index contributed by atoms with van der Waals surface area (Å²) in [6.07, 6.45) is 1.14. The molecule has 0 aliphatic rings. The molecule has 0 spiro atoms. The number of hydrogen-bond acceptors (Lipinski definition) is 3. The highest BCUT2D eigenvalue weighted by Gasteiger charge is 2.10. The van der Waals surface area contributed by atoms with Crippen molar-refractivity contribution in [3.8, 4) is 0 Å². The first-order chi connectivity index (χ1) is 9.93. The summed E-state index contributed by atoms with van der Waals surface area (Å²) in [4.78, 5) is 13.8. The Hall–Kier alpha value is -1.55. The molecule has 0 unspecified atom stereocenters. The second-order valence-electron chi connectivity index (χ2n) is 5.88. The average molecular weight is 291 g/mol. The highest BCUT2D eigenvalue weighted by Crippen LogP contribution is 2.20. The van der Waals surface area contributed by atoms with Gasteiger partial charge in [0.2, 0.25) is 5.91 Å². The number of benzene rings is 1. The van der Waals surface area contributed by atoms with Gasteiger partial charge in [-0.05, 0) is 50.9 Å². The van der Waals surface area contributed by atoms with Crippen molar-refractivity contribution in [2.24, 2.45) is 0 Å². The maximum atomic E-state index is 11.8. The van der Waals surface area contributed by atoms with Crippen LogP contribution >= 0.6 is 0 Å². The third-order valence-corrected chi connectivity index (χ3v) is 3.26. The van der Waals surface area contributed by atoms with Gasteiger partial charge in [-0.2, -0.15) is 0 Å². The quantitative estimate of drug-likeness (QED) is 0.723. The van der Waals surface area contributed by atoms with Gasteiger partial charge >= 0.3 is 0 Å². The van der Waals surface area contributed by atoms with E-state index in [0.717, 1.165) is 25.2 Å². The fourth-order valence-corrected chi connectivity index (χ4v) is 2.33. The highest BCUT2D eigenvalue weighted by molar-refractivity contribution is 5.81.